The number of ether oxygens (including phenoxy) is 2. The Hall–Kier alpha value is -4.06. The third-order valence-electron chi connectivity index (χ3n) is 5.48. The molecular weight excluding hydrogens is 489 g/mol. The molecule has 0 aliphatic heterocycles. The maximum absolute atomic E-state index is 14.8. The normalized spacial score (nSPS) is 11.4. The third kappa shape index (κ3) is 6.58. The number of hydrogen-bond donors (Lipinski definition) is 3. The first kappa shape index (κ1) is 26.0. The highest BCUT2D eigenvalue weighted by Crippen LogP contribution is 2.26. The number of anilines is 1. The Balaban J connectivity index is 1.47. The summed E-state index contributed by atoms with van der Waals surface area (Å²) in [6.07, 6.45) is -0.668. The number of H-pyrrole nitrogens is 1. The van der Waals surface area contributed by atoms with Crippen molar-refractivity contribution >= 4 is 17.0 Å². The van der Waals surface area contributed by atoms with Gasteiger partial charge in [-0.1, -0.05) is 31.5 Å². The summed E-state index contributed by atoms with van der Waals surface area (Å²) in [7, 11) is 0. The van der Waals surface area contributed by atoms with Crippen LogP contribution in [0, 0.1) is 5.82 Å². The first-order valence-corrected chi connectivity index (χ1v) is 11.8. The van der Waals surface area contributed by atoms with Crippen LogP contribution in [-0.2, 0) is 13.1 Å². The van der Waals surface area contributed by atoms with Crippen LogP contribution in [0.5, 0.6) is 17.5 Å². The van der Waals surface area contributed by atoms with Gasteiger partial charge in [0.25, 0.3) is 6.43 Å². The van der Waals surface area contributed by atoms with E-state index in [4.69, 9.17) is 15.2 Å². The molecule has 0 unspecified atom stereocenters. The molecule has 0 radical (unpaired) electrons. The largest absolute Gasteiger partial charge is 0.463 e. The minimum absolute atomic E-state index is 0.00298. The summed E-state index contributed by atoms with van der Waals surface area (Å²) in [6.45, 7) is 2.36. The van der Waals surface area contributed by atoms with E-state index in [9.17, 15) is 18.0 Å². The van der Waals surface area contributed by atoms with Crippen LogP contribution in [0.15, 0.2) is 47.3 Å². The van der Waals surface area contributed by atoms with E-state index in [0.29, 0.717) is 17.9 Å². The van der Waals surface area contributed by atoms with E-state index in [1.807, 2.05) is 6.92 Å². The molecule has 4 N–H and O–H groups in total. The summed E-state index contributed by atoms with van der Waals surface area (Å²) in [5.74, 6) is -0.152. The maximum Gasteiger partial charge on any atom is 0.328 e. The molecule has 0 aliphatic carbocycles. The van der Waals surface area contributed by atoms with Crippen LogP contribution in [0.1, 0.15) is 30.9 Å². The predicted octanol–water partition coefficient (Wildman–Crippen LogP) is 4.22. The highest BCUT2D eigenvalue weighted by atomic mass is 19.3. The first-order valence-electron chi connectivity index (χ1n) is 11.8. The van der Waals surface area contributed by atoms with E-state index < -0.39 is 24.5 Å². The number of fused-ring (bicyclic) bond motifs is 1. The van der Waals surface area contributed by atoms with Crippen LogP contribution >= 0.6 is 0 Å². The predicted molar refractivity (Wildman–Crippen MR) is 133 cm³/mol. The molecule has 196 valence electrons. The topological polar surface area (TPSA) is 120 Å². The number of imidazole rings is 1. The summed E-state index contributed by atoms with van der Waals surface area (Å²) < 4.78 is 51.8. The molecule has 0 amide bonds. The minimum Gasteiger partial charge on any atom is -0.463 e. The fourth-order valence-corrected chi connectivity index (χ4v) is 3.59. The van der Waals surface area contributed by atoms with Crippen LogP contribution < -0.4 is 26.2 Å². The number of nitrogen functional groups attached to an aromatic ring is 1. The molecule has 0 saturated carbocycles. The Morgan fingerprint density at radius 2 is 1.89 bits per heavy atom. The van der Waals surface area contributed by atoms with Gasteiger partial charge in [-0.2, -0.15) is 9.97 Å². The lowest BCUT2D eigenvalue weighted by Gasteiger charge is -2.10. The molecule has 12 heteroatoms. The molecule has 4 rings (SSSR count). The van der Waals surface area contributed by atoms with E-state index in [2.05, 4.69) is 20.3 Å². The lowest BCUT2D eigenvalue weighted by molar-refractivity contribution is 0.145. The summed E-state index contributed by atoms with van der Waals surface area (Å²) >= 11 is 0. The van der Waals surface area contributed by atoms with E-state index in [0.717, 1.165) is 18.4 Å². The molecule has 0 bridgehead atoms. The van der Waals surface area contributed by atoms with Gasteiger partial charge >= 0.3 is 11.7 Å². The van der Waals surface area contributed by atoms with Crippen molar-refractivity contribution in [3.05, 3.63) is 69.9 Å². The Labute approximate surface area is 210 Å². The van der Waals surface area contributed by atoms with E-state index in [1.54, 1.807) is 30.3 Å². The fourth-order valence-electron chi connectivity index (χ4n) is 3.59. The molecule has 4 aromatic rings. The van der Waals surface area contributed by atoms with Crippen molar-refractivity contribution < 1.29 is 22.6 Å². The standard InChI is InChI=1S/C25H27F3N6O3/c1-2-3-10-36-24-32-22(29)21-23(33-24)34(25(35)31-21)14-16-6-9-19(18(26)11-16)37-17-7-4-15(5-8-17)12-30-13-20(27)28/h4-9,11,20,30H,2-3,10,12-14H2,1H3,(H,31,35)(H2,29,32,33). The van der Waals surface area contributed by atoms with Crippen molar-refractivity contribution in [2.24, 2.45) is 0 Å². The second kappa shape index (κ2) is 11.8. The Morgan fingerprint density at radius 3 is 2.59 bits per heavy atom. The zero-order valence-electron chi connectivity index (χ0n) is 20.1. The highest BCUT2D eigenvalue weighted by Gasteiger charge is 2.16. The summed E-state index contributed by atoms with van der Waals surface area (Å²) in [4.78, 5) is 23.6. The van der Waals surface area contributed by atoms with Crippen molar-refractivity contribution in [3.8, 4) is 17.5 Å². The van der Waals surface area contributed by atoms with Gasteiger partial charge in [-0.15, -0.1) is 0 Å². The molecule has 2 heterocycles. The van der Waals surface area contributed by atoms with Crippen molar-refractivity contribution in [3.63, 3.8) is 0 Å². The van der Waals surface area contributed by atoms with Crippen LogP contribution in [0.25, 0.3) is 11.2 Å². The van der Waals surface area contributed by atoms with E-state index in [-0.39, 0.29) is 41.8 Å². The Kier molecular flexibility index (Phi) is 8.29. The molecule has 0 atom stereocenters. The van der Waals surface area contributed by atoms with Gasteiger partial charge in [0.15, 0.2) is 23.0 Å². The molecule has 0 fully saturated rings. The van der Waals surface area contributed by atoms with Crippen LogP contribution in [-0.4, -0.2) is 39.1 Å². The first-order chi connectivity index (χ1) is 17.8. The smallest absolute Gasteiger partial charge is 0.328 e. The maximum atomic E-state index is 14.8. The molecule has 37 heavy (non-hydrogen) atoms. The number of aromatic nitrogens is 4. The van der Waals surface area contributed by atoms with Gasteiger partial charge in [0, 0.05) is 6.54 Å². The molecular formula is C25H27F3N6O3. The summed E-state index contributed by atoms with van der Waals surface area (Å²) in [6, 6.07) is 11.1. The average Bonchev–Trinajstić information content (AvgIpc) is 3.17. The number of unbranched alkanes of at least 4 members (excludes halogenated alkanes) is 1. The zero-order valence-corrected chi connectivity index (χ0v) is 20.1. The van der Waals surface area contributed by atoms with Gasteiger partial charge in [0.1, 0.15) is 11.3 Å². The molecule has 2 aromatic carbocycles. The number of nitrogens with one attached hydrogen (secondary N) is 2. The number of hydrogen-bond acceptors (Lipinski definition) is 7. The summed E-state index contributed by atoms with van der Waals surface area (Å²) in [5, 5.41) is 2.64. The minimum atomic E-state index is -2.42. The van der Waals surface area contributed by atoms with Crippen LogP contribution in [0.2, 0.25) is 0 Å². The number of aromatic amines is 1. The van der Waals surface area contributed by atoms with Crippen LogP contribution in [0.4, 0.5) is 19.0 Å². The summed E-state index contributed by atoms with van der Waals surface area (Å²) in [5.41, 5.74) is 7.33. The van der Waals surface area contributed by atoms with Crippen molar-refractivity contribution in [2.75, 3.05) is 18.9 Å². The van der Waals surface area contributed by atoms with Gasteiger partial charge in [0.2, 0.25) is 0 Å². The Morgan fingerprint density at radius 1 is 1.14 bits per heavy atom. The van der Waals surface area contributed by atoms with Gasteiger partial charge in [-0.3, -0.25) is 4.57 Å². The van der Waals surface area contributed by atoms with Crippen molar-refractivity contribution in [1.29, 1.82) is 0 Å². The number of nitrogens with zero attached hydrogens (tertiary/aromatic N) is 3. The quantitative estimate of drug-likeness (QED) is 0.241. The molecule has 0 spiro atoms. The molecule has 0 aliphatic rings. The molecule has 0 saturated heterocycles. The number of rotatable bonds is 12. The lowest BCUT2D eigenvalue weighted by Crippen LogP contribution is -2.20. The number of alkyl halides is 2. The number of halogens is 3. The van der Waals surface area contributed by atoms with Gasteiger partial charge in [0.05, 0.1) is 19.7 Å². The van der Waals surface area contributed by atoms with Crippen molar-refractivity contribution in [2.45, 2.75) is 39.3 Å². The van der Waals surface area contributed by atoms with E-state index >= 15 is 0 Å². The second-order valence-electron chi connectivity index (χ2n) is 8.34. The SMILES string of the molecule is CCCCOc1nc(N)c2[nH]c(=O)n(Cc3ccc(Oc4ccc(CNCC(F)F)cc4)c(F)c3)c2n1. The van der Waals surface area contributed by atoms with Gasteiger partial charge < -0.3 is 25.5 Å². The van der Waals surface area contributed by atoms with Gasteiger partial charge in [-0.25, -0.2) is 18.0 Å². The number of nitrogens with two attached hydrogens (primary N) is 1. The van der Waals surface area contributed by atoms with Gasteiger partial charge in [-0.05, 0) is 41.8 Å². The second-order valence-corrected chi connectivity index (χ2v) is 8.34. The lowest BCUT2D eigenvalue weighted by atomic mass is 10.2. The monoisotopic (exact) mass is 516 g/mol. The fraction of sp³-hybridized carbons (Fsp3) is 0.320. The highest BCUT2D eigenvalue weighted by molar-refractivity contribution is 5.81. The Bertz CT molecular complexity index is 1410. The van der Waals surface area contributed by atoms with Crippen molar-refractivity contribution in [1.82, 2.24) is 24.8 Å². The third-order valence-corrected chi connectivity index (χ3v) is 5.48. The molecule has 9 nitrogen and oxygen atoms in total. The average molecular weight is 517 g/mol. The number of benzene rings is 2. The zero-order chi connectivity index (χ0) is 26.4. The van der Waals surface area contributed by atoms with E-state index in [1.165, 1.54) is 16.7 Å². The molecule has 2 aromatic heterocycles. The van der Waals surface area contributed by atoms with Crippen LogP contribution in [0.3, 0.4) is 0 Å².